The lowest BCUT2D eigenvalue weighted by Gasteiger charge is -2.10. The molecule has 0 amide bonds. The Kier molecular flexibility index (Phi) is 8.65. The van der Waals surface area contributed by atoms with Crippen molar-refractivity contribution in [1.82, 2.24) is 4.98 Å². The highest BCUT2D eigenvalue weighted by Gasteiger charge is 2.09. The standard InChI is InChI=1S/C31H27NO4/c1-2-34-30-22-25(11-16-27-10-6-7-21-32-27)14-19-29(30)36-31(33)20-15-24-12-17-28(18-13-24)35-23-26-8-4-3-5-9-26/h3-22H,2,23H2,1H3/b16-11+,20-15+. The van der Waals surface area contributed by atoms with Crippen LogP contribution in [0.5, 0.6) is 17.2 Å². The Morgan fingerprint density at radius 3 is 2.31 bits per heavy atom. The van der Waals surface area contributed by atoms with Gasteiger partial charge in [-0.05, 0) is 72.2 Å². The summed E-state index contributed by atoms with van der Waals surface area (Å²) in [6.07, 6.45) is 8.69. The predicted molar refractivity (Wildman–Crippen MR) is 143 cm³/mol. The van der Waals surface area contributed by atoms with Gasteiger partial charge in [0, 0.05) is 12.3 Å². The van der Waals surface area contributed by atoms with Crippen molar-refractivity contribution in [3.05, 3.63) is 126 Å². The molecule has 0 aliphatic heterocycles. The van der Waals surface area contributed by atoms with Crippen molar-refractivity contribution in [3.63, 3.8) is 0 Å². The number of pyridine rings is 1. The quantitative estimate of drug-likeness (QED) is 0.142. The summed E-state index contributed by atoms with van der Waals surface area (Å²) >= 11 is 0. The van der Waals surface area contributed by atoms with E-state index in [0.29, 0.717) is 24.7 Å². The number of ether oxygens (including phenoxy) is 3. The summed E-state index contributed by atoms with van der Waals surface area (Å²) in [6.45, 7) is 2.84. The molecule has 0 atom stereocenters. The van der Waals surface area contributed by atoms with Gasteiger partial charge in [0.25, 0.3) is 0 Å². The molecule has 4 rings (SSSR count). The number of aromatic nitrogens is 1. The van der Waals surface area contributed by atoms with Crippen LogP contribution >= 0.6 is 0 Å². The number of hydrogen-bond donors (Lipinski definition) is 0. The van der Waals surface area contributed by atoms with Crippen molar-refractivity contribution in [1.29, 1.82) is 0 Å². The third kappa shape index (κ3) is 7.43. The lowest BCUT2D eigenvalue weighted by Crippen LogP contribution is -2.06. The molecule has 1 heterocycles. The first-order valence-electron chi connectivity index (χ1n) is 11.7. The maximum absolute atomic E-state index is 12.5. The molecule has 1 aromatic heterocycles. The van der Waals surface area contributed by atoms with Crippen molar-refractivity contribution in [2.75, 3.05) is 6.61 Å². The average Bonchev–Trinajstić information content (AvgIpc) is 2.93. The van der Waals surface area contributed by atoms with Gasteiger partial charge in [0.1, 0.15) is 12.4 Å². The smallest absolute Gasteiger partial charge is 0.336 e. The van der Waals surface area contributed by atoms with E-state index in [1.54, 1.807) is 18.3 Å². The summed E-state index contributed by atoms with van der Waals surface area (Å²) in [5.74, 6) is 1.14. The van der Waals surface area contributed by atoms with Crippen LogP contribution in [0.3, 0.4) is 0 Å². The van der Waals surface area contributed by atoms with Crippen molar-refractivity contribution in [2.24, 2.45) is 0 Å². The van der Waals surface area contributed by atoms with Gasteiger partial charge in [-0.15, -0.1) is 0 Å². The van der Waals surface area contributed by atoms with E-state index in [1.807, 2.05) is 104 Å². The molecule has 0 aliphatic carbocycles. The summed E-state index contributed by atoms with van der Waals surface area (Å²) in [4.78, 5) is 16.7. The first kappa shape index (κ1) is 24.5. The number of esters is 1. The Labute approximate surface area is 211 Å². The highest BCUT2D eigenvalue weighted by atomic mass is 16.6. The molecule has 0 bridgehead atoms. The first-order valence-corrected chi connectivity index (χ1v) is 11.7. The Morgan fingerprint density at radius 2 is 1.56 bits per heavy atom. The zero-order valence-corrected chi connectivity index (χ0v) is 20.0. The molecule has 0 saturated heterocycles. The van der Waals surface area contributed by atoms with Crippen LogP contribution in [0.25, 0.3) is 18.2 Å². The van der Waals surface area contributed by atoms with Gasteiger partial charge in [0.2, 0.25) is 0 Å². The minimum absolute atomic E-state index is 0.367. The molecular weight excluding hydrogens is 450 g/mol. The Balaban J connectivity index is 1.35. The number of benzene rings is 3. The minimum Gasteiger partial charge on any atom is -0.490 e. The summed E-state index contributed by atoms with van der Waals surface area (Å²) in [5, 5.41) is 0. The van der Waals surface area contributed by atoms with E-state index in [9.17, 15) is 4.79 Å². The van der Waals surface area contributed by atoms with Crippen LogP contribution in [-0.2, 0) is 11.4 Å². The highest BCUT2D eigenvalue weighted by Crippen LogP contribution is 2.29. The number of carbonyl (C=O) groups is 1. The largest absolute Gasteiger partial charge is 0.490 e. The zero-order chi connectivity index (χ0) is 25.0. The molecule has 0 unspecified atom stereocenters. The Hall–Kier alpha value is -4.64. The number of hydrogen-bond acceptors (Lipinski definition) is 5. The van der Waals surface area contributed by atoms with Crippen LogP contribution in [0.4, 0.5) is 0 Å². The van der Waals surface area contributed by atoms with Gasteiger partial charge in [-0.25, -0.2) is 4.79 Å². The summed E-state index contributed by atoms with van der Waals surface area (Å²) in [6, 6.07) is 28.7. The molecule has 3 aromatic carbocycles. The summed E-state index contributed by atoms with van der Waals surface area (Å²) < 4.78 is 17.0. The Bertz CT molecular complexity index is 1310. The maximum Gasteiger partial charge on any atom is 0.336 e. The van der Waals surface area contributed by atoms with Gasteiger partial charge >= 0.3 is 5.97 Å². The van der Waals surface area contributed by atoms with E-state index in [1.165, 1.54) is 6.08 Å². The molecule has 0 saturated carbocycles. The van der Waals surface area contributed by atoms with E-state index >= 15 is 0 Å². The van der Waals surface area contributed by atoms with Crippen LogP contribution in [-0.4, -0.2) is 17.6 Å². The van der Waals surface area contributed by atoms with E-state index in [4.69, 9.17) is 14.2 Å². The molecule has 0 fully saturated rings. The second kappa shape index (κ2) is 12.7. The van der Waals surface area contributed by atoms with E-state index in [0.717, 1.165) is 28.1 Å². The molecule has 0 N–H and O–H groups in total. The zero-order valence-electron chi connectivity index (χ0n) is 20.0. The van der Waals surface area contributed by atoms with Crippen LogP contribution in [0.15, 0.2) is 103 Å². The highest BCUT2D eigenvalue weighted by molar-refractivity contribution is 5.89. The van der Waals surface area contributed by atoms with Crippen molar-refractivity contribution < 1.29 is 19.0 Å². The van der Waals surface area contributed by atoms with Gasteiger partial charge in [0.05, 0.1) is 12.3 Å². The minimum atomic E-state index is -0.489. The SMILES string of the molecule is CCOc1cc(/C=C/c2ccccn2)ccc1OC(=O)/C=C/c1ccc(OCc2ccccc2)cc1. The van der Waals surface area contributed by atoms with Gasteiger partial charge in [0.15, 0.2) is 11.5 Å². The van der Waals surface area contributed by atoms with Crippen molar-refractivity contribution in [3.8, 4) is 17.2 Å². The molecule has 5 heteroatoms. The van der Waals surface area contributed by atoms with Gasteiger partial charge in [-0.3, -0.25) is 4.98 Å². The number of carbonyl (C=O) groups excluding carboxylic acids is 1. The van der Waals surface area contributed by atoms with Crippen LogP contribution < -0.4 is 14.2 Å². The molecule has 4 aromatic rings. The van der Waals surface area contributed by atoms with Gasteiger partial charge < -0.3 is 14.2 Å². The number of rotatable bonds is 10. The molecule has 180 valence electrons. The second-order valence-electron chi connectivity index (χ2n) is 7.82. The maximum atomic E-state index is 12.5. The summed E-state index contributed by atoms with van der Waals surface area (Å²) in [7, 11) is 0. The molecule has 36 heavy (non-hydrogen) atoms. The Morgan fingerprint density at radius 1 is 0.778 bits per heavy atom. The summed E-state index contributed by atoms with van der Waals surface area (Å²) in [5.41, 5.74) is 3.73. The van der Waals surface area contributed by atoms with Crippen molar-refractivity contribution in [2.45, 2.75) is 13.5 Å². The van der Waals surface area contributed by atoms with Crippen LogP contribution in [0.2, 0.25) is 0 Å². The fourth-order valence-corrected chi connectivity index (χ4v) is 3.36. The molecule has 5 nitrogen and oxygen atoms in total. The normalized spacial score (nSPS) is 11.0. The van der Waals surface area contributed by atoms with Gasteiger partial charge in [-0.2, -0.15) is 0 Å². The van der Waals surface area contributed by atoms with Crippen molar-refractivity contribution >= 4 is 24.2 Å². The van der Waals surface area contributed by atoms with Crippen LogP contribution in [0, 0.1) is 0 Å². The fourth-order valence-electron chi connectivity index (χ4n) is 3.36. The average molecular weight is 478 g/mol. The fraction of sp³-hybridized carbons (Fsp3) is 0.0968. The topological polar surface area (TPSA) is 57.7 Å². The van der Waals surface area contributed by atoms with E-state index in [-0.39, 0.29) is 0 Å². The van der Waals surface area contributed by atoms with Gasteiger partial charge in [-0.1, -0.05) is 60.7 Å². The van der Waals surface area contributed by atoms with E-state index < -0.39 is 5.97 Å². The molecular formula is C31H27NO4. The lowest BCUT2D eigenvalue weighted by molar-refractivity contribution is -0.129. The molecule has 0 radical (unpaired) electrons. The van der Waals surface area contributed by atoms with Crippen LogP contribution in [0.1, 0.15) is 29.3 Å². The third-order valence-electron chi connectivity index (χ3n) is 5.15. The lowest BCUT2D eigenvalue weighted by atomic mass is 10.1. The monoisotopic (exact) mass is 477 g/mol. The third-order valence-corrected chi connectivity index (χ3v) is 5.15. The van der Waals surface area contributed by atoms with E-state index in [2.05, 4.69) is 4.98 Å². The predicted octanol–water partition coefficient (Wildman–Crippen LogP) is 6.85. The second-order valence-corrected chi connectivity index (χ2v) is 7.82. The molecule has 0 spiro atoms. The first-order chi connectivity index (χ1) is 17.7. The number of nitrogens with zero attached hydrogens (tertiary/aromatic N) is 1. The molecule has 0 aliphatic rings.